The number of halogens is 2. The van der Waals surface area contributed by atoms with Gasteiger partial charge in [-0.25, -0.2) is 13.1 Å². The van der Waals surface area contributed by atoms with Crippen LogP contribution in [-0.2, 0) is 10.0 Å². The molecule has 102 valence electrons. The highest BCUT2D eigenvalue weighted by atomic mass is 35.5. The fraction of sp³-hybridized carbons (Fsp3) is 0.182. The second-order valence-electron chi connectivity index (χ2n) is 3.94. The molecule has 0 saturated heterocycles. The smallest absolute Gasteiger partial charge is 0.258 e. The second kappa shape index (κ2) is 5.50. The minimum atomic E-state index is -3.63. The third-order valence-corrected chi connectivity index (χ3v) is 4.75. The molecule has 0 bridgehead atoms. The molecule has 1 unspecified atom stereocenters. The summed E-state index contributed by atoms with van der Waals surface area (Å²) in [6.45, 7) is 1.72. The molecule has 0 fully saturated rings. The summed E-state index contributed by atoms with van der Waals surface area (Å²) in [5.41, 5.74) is 0.720. The number of rotatable bonds is 4. The Bertz CT molecular complexity index is 671. The van der Waals surface area contributed by atoms with Crippen molar-refractivity contribution < 1.29 is 8.42 Å². The van der Waals surface area contributed by atoms with E-state index in [4.69, 9.17) is 23.2 Å². The van der Waals surface area contributed by atoms with Crippen molar-refractivity contribution in [2.24, 2.45) is 0 Å². The van der Waals surface area contributed by atoms with Crippen LogP contribution in [0.15, 0.2) is 35.5 Å². The van der Waals surface area contributed by atoms with Crippen molar-refractivity contribution >= 4 is 33.2 Å². The lowest BCUT2D eigenvalue weighted by atomic mass is 10.1. The van der Waals surface area contributed by atoms with Crippen LogP contribution in [0, 0.1) is 0 Å². The Hall–Kier alpha value is -1.08. The van der Waals surface area contributed by atoms with Gasteiger partial charge in [0.25, 0.3) is 10.0 Å². The number of H-pyrrole nitrogens is 1. The standard InChI is InChI=1S/C11H11Cl2N3O2S/c1-7(8-2-3-9(12)10(13)6-8)16-19(17,18)11-4-5-14-15-11/h2-7,16H,1H3,(H,14,15). The molecule has 0 amide bonds. The van der Waals surface area contributed by atoms with Crippen molar-refractivity contribution in [2.75, 3.05) is 0 Å². The van der Waals surface area contributed by atoms with Crippen molar-refractivity contribution in [1.82, 2.24) is 14.9 Å². The molecule has 0 radical (unpaired) electrons. The van der Waals surface area contributed by atoms with E-state index in [9.17, 15) is 8.42 Å². The summed E-state index contributed by atoms with van der Waals surface area (Å²) < 4.78 is 26.5. The van der Waals surface area contributed by atoms with Crippen molar-refractivity contribution in [3.05, 3.63) is 46.1 Å². The zero-order valence-electron chi connectivity index (χ0n) is 9.89. The average molecular weight is 320 g/mol. The van der Waals surface area contributed by atoms with E-state index in [1.165, 1.54) is 12.3 Å². The van der Waals surface area contributed by atoms with E-state index >= 15 is 0 Å². The molecule has 2 rings (SSSR count). The van der Waals surface area contributed by atoms with E-state index in [0.29, 0.717) is 10.0 Å². The fourth-order valence-corrected chi connectivity index (χ4v) is 2.99. The number of hydrogen-bond acceptors (Lipinski definition) is 3. The van der Waals surface area contributed by atoms with Crippen LogP contribution >= 0.6 is 23.2 Å². The molecular formula is C11H11Cl2N3O2S. The number of benzene rings is 1. The van der Waals surface area contributed by atoms with Gasteiger partial charge in [-0.2, -0.15) is 5.10 Å². The normalized spacial score (nSPS) is 13.4. The molecule has 2 N–H and O–H groups in total. The Morgan fingerprint density at radius 2 is 2.00 bits per heavy atom. The first-order chi connectivity index (χ1) is 8.90. The maximum Gasteiger partial charge on any atom is 0.258 e. The van der Waals surface area contributed by atoms with Crippen LogP contribution in [0.1, 0.15) is 18.5 Å². The number of sulfonamides is 1. The maximum absolute atomic E-state index is 12.0. The molecule has 5 nitrogen and oxygen atoms in total. The molecule has 2 aromatic rings. The van der Waals surface area contributed by atoms with Gasteiger partial charge in [0.05, 0.1) is 16.2 Å². The van der Waals surface area contributed by atoms with Gasteiger partial charge < -0.3 is 0 Å². The Morgan fingerprint density at radius 1 is 1.26 bits per heavy atom. The van der Waals surface area contributed by atoms with Crippen molar-refractivity contribution in [3.63, 3.8) is 0 Å². The van der Waals surface area contributed by atoms with Gasteiger partial charge in [0.2, 0.25) is 0 Å². The summed E-state index contributed by atoms with van der Waals surface area (Å²) in [5.74, 6) is 0. The van der Waals surface area contributed by atoms with Crippen LogP contribution in [0.2, 0.25) is 10.0 Å². The molecule has 0 aliphatic carbocycles. The van der Waals surface area contributed by atoms with Gasteiger partial charge in [-0.3, -0.25) is 5.10 Å². The van der Waals surface area contributed by atoms with Gasteiger partial charge >= 0.3 is 0 Å². The van der Waals surface area contributed by atoms with Gasteiger partial charge in [0, 0.05) is 6.04 Å². The zero-order valence-corrected chi connectivity index (χ0v) is 12.2. The highest BCUT2D eigenvalue weighted by Gasteiger charge is 2.19. The Balaban J connectivity index is 2.21. The van der Waals surface area contributed by atoms with Gasteiger partial charge in [-0.05, 0) is 30.7 Å². The molecule has 1 aromatic heterocycles. The summed E-state index contributed by atoms with van der Waals surface area (Å²) >= 11 is 11.7. The maximum atomic E-state index is 12.0. The van der Waals surface area contributed by atoms with Crippen LogP contribution in [0.25, 0.3) is 0 Å². The molecule has 0 aliphatic heterocycles. The predicted molar refractivity (Wildman–Crippen MR) is 73.8 cm³/mol. The first-order valence-corrected chi connectivity index (χ1v) is 7.61. The summed E-state index contributed by atoms with van der Waals surface area (Å²) in [7, 11) is -3.63. The molecule has 0 saturated carbocycles. The fourth-order valence-electron chi connectivity index (χ4n) is 1.54. The van der Waals surface area contributed by atoms with Crippen LogP contribution in [0.4, 0.5) is 0 Å². The number of aromatic nitrogens is 2. The summed E-state index contributed by atoms with van der Waals surface area (Å²) in [5, 5.41) is 6.84. The molecule has 1 atom stereocenters. The molecule has 1 aromatic carbocycles. The van der Waals surface area contributed by atoms with E-state index in [0.717, 1.165) is 5.56 Å². The molecular weight excluding hydrogens is 309 g/mol. The van der Waals surface area contributed by atoms with E-state index in [-0.39, 0.29) is 5.03 Å². The van der Waals surface area contributed by atoms with Crippen molar-refractivity contribution in [2.45, 2.75) is 18.0 Å². The topological polar surface area (TPSA) is 74.8 Å². The molecule has 19 heavy (non-hydrogen) atoms. The number of hydrogen-bond donors (Lipinski definition) is 2. The summed E-state index contributed by atoms with van der Waals surface area (Å²) in [6.07, 6.45) is 1.37. The highest BCUT2D eigenvalue weighted by Crippen LogP contribution is 2.26. The quantitative estimate of drug-likeness (QED) is 0.909. The van der Waals surface area contributed by atoms with Crippen LogP contribution in [0.3, 0.4) is 0 Å². The second-order valence-corrected chi connectivity index (χ2v) is 6.43. The van der Waals surface area contributed by atoms with E-state index in [2.05, 4.69) is 14.9 Å². The lowest BCUT2D eigenvalue weighted by molar-refractivity contribution is 0.562. The van der Waals surface area contributed by atoms with E-state index in [1.54, 1.807) is 25.1 Å². The van der Waals surface area contributed by atoms with Crippen molar-refractivity contribution in [3.8, 4) is 0 Å². The minimum absolute atomic E-state index is 0.0133. The number of nitrogens with one attached hydrogen (secondary N) is 2. The summed E-state index contributed by atoms with van der Waals surface area (Å²) in [4.78, 5) is 0. The molecule has 1 heterocycles. The Kier molecular flexibility index (Phi) is 4.15. The molecule has 8 heteroatoms. The van der Waals surface area contributed by atoms with Crippen LogP contribution in [0.5, 0.6) is 0 Å². The van der Waals surface area contributed by atoms with Crippen LogP contribution in [-0.4, -0.2) is 18.6 Å². The minimum Gasteiger partial charge on any atom is -0.266 e. The van der Waals surface area contributed by atoms with Gasteiger partial charge in [0.1, 0.15) is 0 Å². The van der Waals surface area contributed by atoms with Gasteiger partial charge in [-0.15, -0.1) is 0 Å². The van der Waals surface area contributed by atoms with Crippen molar-refractivity contribution in [1.29, 1.82) is 0 Å². The first kappa shape index (κ1) is 14.3. The lowest BCUT2D eigenvalue weighted by Crippen LogP contribution is -2.27. The average Bonchev–Trinajstić information content (AvgIpc) is 2.86. The third-order valence-electron chi connectivity index (χ3n) is 2.54. The highest BCUT2D eigenvalue weighted by molar-refractivity contribution is 7.89. The van der Waals surface area contributed by atoms with Crippen LogP contribution < -0.4 is 4.72 Å². The van der Waals surface area contributed by atoms with E-state index in [1.807, 2.05) is 0 Å². The Morgan fingerprint density at radius 3 is 2.58 bits per heavy atom. The summed E-state index contributed by atoms with van der Waals surface area (Å²) in [6, 6.07) is 5.91. The Labute approximate surface area is 121 Å². The van der Waals surface area contributed by atoms with E-state index < -0.39 is 16.1 Å². The lowest BCUT2D eigenvalue weighted by Gasteiger charge is -2.14. The monoisotopic (exact) mass is 319 g/mol. The predicted octanol–water partition coefficient (Wildman–Crippen LogP) is 2.76. The van der Waals surface area contributed by atoms with Gasteiger partial charge in [0.15, 0.2) is 5.03 Å². The molecule has 0 aliphatic rings. The largest absolute Gasteiger partial charge is 0.266 e. The number of aromatic amines is 1. The molecule has 0 spiro atoms. The van der Waals surface area contributed by atoms with Gasteiger partial charge in [-0.1, -0.05) is 29.3 Å². The SMILES string of the molecule is CC(NS(=O)(=O)c1ccn[nH]1)c1ccc(Cl)c(Cl)c1. The number of nitrogens with zero attached hydrogens (tertiary/aromatic N) is 1. The first-order valence-electron chi connectivity index (χ1n) is 5.37. The third kappa shape index (κ3) is 3.27. The zero-order chi connectivity index (χ0) is 14.0.